The van der Waals surface area contributed by atoms with Crippen LogP contribution in [0.1, 0.15) is 31.2 Å². The zero-order chi connectivity index (χ0) is 13.9. The second kappa shape index (κ2) is 6.45. The molecular weight excluding hydrogens is 281 g/mol. The van der Waals surface area contributed by atoms with Gasteiger partial charge >= 0.3 is 0 Å². The number of nitrogens with one attached hydrogen (secondary N) is 1. The summed E-state index contributed by atoms with van der Waals surface area (Å²) in [5.41, 5.74) is 1.29. The second-order valence-corrected chi connectivity index (χ2v) is 6.20. The Bertz CT molecular complexity index is 427. The van der Waals surface area contributed by atoms with E-state index in [1.165, 1.54) is 24.8 Å². The zero-order valence-electron chi connectivity index (χ0n) is 11.5. The van der Waals surface area contributed by atoms with E-state index in [0.717, 1.165) is 12.8 Å². The largest absolute Gasteiger partial charge is 0.378 e. The molecule has 1 aliphatic carbocycles. The Kier molecular flexibility index (Phi) is 5.13. The Morgan fingerprint density at radius 1 is 1.32 bits per heavy atom. The van der Waals surface area contributed by atoms with Gasteiger partial charge in [0.15, 0.2) is 0 Å². The lowest BCUT2D eigenvalue weighted by Gasteiger charge is -2.42. The monoisotopic (exact) mass is 301 g/mol. The molecule has 1 N–H and O–H groups in total. The lowest BCUT2D eigenvalue weighted by Crippen LogP contribution is -2.45. The molecule has 1 saturated carbocycles. The van der Waals surface area contributed by atoms with E-state index in [0.29, 0.717) is 16.1 Å². The van der Waals surface area contributed by atoms with E-state index < -0.39 is 0 Å². The number of hydrogen-bond acceptors (Lipinski definition) is 2. The van der Waals surface area contributed by atoms with Gasteiger partial charge < -0.3 is 10.1 Å². The molecule has 1 aliphatic rings. The van der Waals surface area contributed by atoms with E-state index in [-0.39, 0.29) is 5.60 Å². The molecule has 0 amide bonds. The van der Waals surface area contributed by atoms with E-state index in [1.807, 2.05) is 32.4 Å². The van der Waals surface area contributed by atoms with E-state index in [4.69, 9.17) is 27.9 Å². The second-order valence-electron chi connectivity index (χ2n) is 5.38. The smallest absolute Gasteiger partial charge is 0.0693 e. The number of rotatable bonds is 6. The van der Waals surface area contributed by atoms with Gasteiger partial charge in [-0.25, -0.2) is 0 Å². The van der Waals surface area contributed by atoms with Gasteiger partial charge in [-0.3, -0.25) is 0 Å². The first-order valence-electron chi connectivity index (χ1n) is 6.75. The first kappa shape index (κ1) is 15.1. The van der Waals surface area contributed by atoms with Gasteiger partial charge in [0, 0.05) is 13.2 Å². The minimum Gasteiger partial charge on any atom is -0.378 e. The summed E-state index contributed by atoms with van der Waals surface area (Å²) >= 11 is 12.0. The molecule has 1 aromatic carbocycles. The van der Waals surface area contributed by atoms with Gasteiger partial charge in [-0.2, -0.15) is 0 Å². The molecule has 0 bridgehead atoms. The van der Waals surface area contributed by atoms with Crippen LogP contribution in [0.2, 0.25) is 10.0 Å². The highest BCUT2D eigenvalue weighted by atomic mass is 35.5. The lowest BCUT2D eigenvalue weighted by molar-refractivity contribution is -0.0830. The van der Waals surface area contributed by atoms with Crippen molar-refractivity contribution in [3.05, 3.63) is 33.8 Å². The maximum atomic E-state index is 6.06. The molecule has 2 rings (SSSR count). The topological polar surface area (TPSA) is 21.3 Å². The quantitative estimate of drug-likeness (QED) is 0.855. The maximum absolute atomic E-state index is 6.06. The van der Waals surface area contributed by atoms with Crippen LogP contribution in [0.15, 0.2) is 18.2 Å². The summed E-state index contributed by atoms with van der Waals surface area (Å²) in [6, 6.07) is 6.26. The van der Waals surface area contributed by atoms with Crippen LogP contribution in [0.3, 0.4) is 0 Å². The molecule has 0 aromatic heterocycles. The molecule has 1 atom stereocenters. The first-order chi connectivity index (χ1) is 9.08. The third-order valence-electron chi connectivity index (χ3n) is 4.19. The van der Waals surface area contributed by atoms with Crippen LogP contribution in [0.5, 0.6) is 0 Å². The van der Waals surface area contributed by atoms with Crippen molar-refractivity contribution in [2.45, 2.75) is 43.7 Å². The summed E-state index contributed by atoms with van der Waals surface area (Å²) in [5.74, 6) is 0. The van der Waals surface area contributed by atoms with E-state index in [9.17, 15) is 0 Å². The third kappa shape index (κ3) is 3.63. The number of benzene rings is 1. The molecule has 2 nitrogen and oxygen atoms in total. The predicted octanol–water partition coefficient (Wildman–Crippen LogP) is 4.08. The van der Waals surface area contributed by atoms with Crippen LogP contribution in [0, 0.1) is 0 Å². The van der Waals surface area contributed by atoms with Gasteiger partial charge in [0.25, 0.3) is 0 Å². The number of hydrogen-bond donors (Lipinski definition) is 1. The summed E-state index contributed by atoms with van der Waals surface area (Å²) in [4.78, 5) is 0. The normalized spacial score (nSPS) is 18.9. The number of likely N-dealkylation sites (N-methyl/N-ethyl adjacent to an activating group) is 1. The van der Waals surface area contributed by atoms with Crippen LogP contribution in [0.4, 0.5) is 0 Å². The van der Waals surface area contributed by atoms with Gasteiger partial charge in [-0.1, -0.05) is 29.3 Å². The van der Waals surface area contributed by atoms with Crippen LogP contribution in [-0.4, -0.2) is 25.8 Å². The van der Waals surface area contributed by atoms with Crippen LogP contribution in [-0.2, 0) is 11.2 Å². The summed E-state index contributed by atoms with van der Waals surface area (Å²) in [6.07, 6.45) is 5.60. The van der Waals surface area contributed by atoms with Gasteiger partial charge in [0.05, 0.1) is 15.6 Å². The molecule has 106 valence electrons. The minimum atomic E-state index is 0.0872. The van der Waals surface area contributed by atoms with Gasteiger partial charge in [0.2, 0.25) is 0 Å². The van der Waals surface area contributed by atoms with Crippen molar-refractivity contribution in [2.24, 2.45) is 0 Å². The van der Waals surface area contributed by atoms with Crippen molar-refractivity contribution in [1.29, 1.82) is 0 Å². The molecule has 0 heterocycles. The molecule has 0 aliphatic heterocycles. The summed E-state index contributed by atoms with van der Waals surface area (Å²) < 4.78 is 5.70. The Labute approximate surface area is 125 Å². The highest BCUT2D eigenvalue weighted by Gasteiger charge is 2.38. The molecule has 0 radical (unpaired) electrons. The van der Waals surface area contributed by atoms with Gasteiger partial charge in [-0.05, 0) is 56.8 Å². The molecule has 19 heavy (non-hydrogen) atoms. The average Bonchev–Trinajstić information content (AvgIpc) is 2.36. The number of halogens is 2. The maximum Gasteiger partial charge on any atom is 0.0693 e. The average molecular weight is 302 g/mol. The highest BCUT2D eigenvalue weighted by Crippen LogP contribution is 2.39. The van der Waals surface area contributed by atoms with Crippen molar-refractivity contribution in [2.75, 3.05) is 14.2 Å². The minimum absolute atomic E-state index is 0.0872. The third-order valence-corrected chi connectivity index (χ3v) is 4.93. The van der Waals surface area contributed by atoms with Crippen LogP contribution >= 0.6 is 23.2 Å². The Morgan fingerprint density at radius 3 is 2.53 bits per heavy atom. The van der Waals surface area contributed by atoms with Gasteiger partial charge in [0.1, 0.15) is 0 Å². The number of ether oxygens (including phenoxy) is 1. The van der Waals surface area contributed by atoms with Gasteiger partial charge in [-0.15, -0.1) is 0 Å². The predicted molar refractivity (Wildman–Crippen MR) is 81.2 cm³/mol. The fourth-order valence-electron chi connectivity index (χ4n) is 2.74. The molecular formula is C15H21Cl2NO. The van der Waals surface area contributed by atoms with E-state index in [2.05, 4.69) is 5.32 Å². The summed E-state index contributed by atoms with van der Waals surface area (Å²) in [5, 5.41) is 4.62. The zero-order valence-corrected chi connectivity index (χ0v) is 13.0. The highest BCUT2D eigenvalue weighted by molar-refractivity contribution is 6.42. The number of methoxy groups -OCH3 is 1. The first-order valence-corrected chi connectivity index (χ1v) is 7.50. The SMILES string of the molecule is CNC(Cc1ccc(Cl)c(Cl)c1)CC1(OC)CCC1. The van der Waals surface area contributed by atoms with E-state index >= 15 is 0 Å². The van der Waals surface area contributed by atoms with E-state index in [1.54, 1.807) is 0 Å². The molecule has 1 aromatic rings. The fourth-order valence-corrected chi connectivity index (χ4v) is 3.06. The molecule has 4 heteroatoms. The fraction of sp³-hybridized carbons (Fsp3) is 0.600. The molecule has 1 unspecified atom stereocenters. The van der Waals surface area contributed by atoms with Crippen LogP contribution < -0.4 is 5.32 Å². The lowest BCUT2D eigenvalue weighted by atomic mass is 9.75. The van der Waals surface area contributed by atoms with Crippen LogP contribution in [0.25, 0.3) is 0 Å². The molecule has 0 saturated heterocycles. The van der Waals surface area contributed by atoms with Crippen molar-refractivity contribution in [3.8, 4) is 0 Å². The Morgan fingerprint density at radius 2 is 2.05 bits per heavy atom. The molecule has 1 fully saturated rings. The van der Waals surface area contributed by atoms with Crippen molar-refractivity contribution >= 4 is 23.2 Å². The van der Waals surface area contributed by atoms with Crippen molar-refractivity contribution in [1.82, 2.24) is 5.32 Å². The van der Waals surface area contributed by atoms with Crippen molar-refractivity contribution < 1.29 is 4.74 Å². The Balaban J connectivity index is 2.00. The Hall–Kier alpha value is -0.280. The standard InChI is InChI=1S/C15H21Cl2NO/c1-18-12(10-15(19-2)6-3-7-15)8-11-4-5-13(16)14(17)9-11/h4-5,9,12,18H,3,6-8,10H2,1-2H3. The molecule has 0 spiro atoms. The van der Waals surface area contributed by atoms with Crippen molar-refractivity contribution in [3.63, 3.8) is 0 Å². The summed E-state index contributed by atoms with van der Waals surface area (Å²) in [7, 11) is 3.83. The summed E-state index contributed by atoms with van der Waals surface area (Å²) in [6.45, 7) is 0.